The first kappa shape index (κ1) is 18.2. The number of pyridine rings is 1. The van der Waals surface area contributed by atoms with Crippen molar-refractivity contribution in [1.82, 2.24) is 20.0 Å². The van der Waals surface area contributed by atoms with E-state index in [0.717, 1.165) is 41.2 Å². The van der Waals surface area contributed by atoms with Gasteiger partial charge in [-0.25, -0.2) is 4.98 Å². The van der Waals surface area contributed by atoms with Crippen molar-refractivity contribution in [1.29, 1.82) is 0 Å². The van der Waals surface area contributed by atoms with Gasteiger partial charge in [-0.15, -0.1) is 0 Å². The summed E-state index contributed by atoms with van der Waals surface area (Å²) < 4.78 is 5.01. The third kappa shape index (κ3) is 3.74. The highest BCUT2D eigenvalue weighted by Crippen LogP contribution is 2.20. The van der Waals surface area contributed by atoms with Crippen LogP contribution >= 0.6 is 0 Å². The lowest BCUT2D eigenvalue weighted by Gasteiger charge is -2.35. The molecule has 3 aromatic rings. The first-order valence-electron chi connectivity index (χ1n) is 9.39. The Hall–Kier alpha value is -3.22. The molecule has 0 saturated carbocycles. The summed E-state index contributed by atoms with van der Waals surface area (Å²) in [6.45, 7) is 8.67. The van der Waals surface area contributed by atoms with Gasteiger partial charge in [0.1, 0.15) is 5.82 Å². The van der Waals surface area contributed by atoms with Gasteiger partial charge in [0.05, 0.1) is 0 Å². The van der Waals surface area contributed by atoms with Crippen molar-refractivity contribution in [3.63, 3.8) is 0 Å². The number of nitrogens with zero attached hydrogens (tertiary/aromatic N) is 5. The van der Waals surface area contributed by atoms with Crippen molar-refractivity contribution in [2.45, 2.75) is 20.8 Å². The van der Waals surface area contributed by atoms with Gasteiger partial charge in [0.2, 0.25) is 11.7 Å². The van der Waals surface area contributed by atoms with Crippen LogP contribution in [0.25, 0.3) is 11.4 Å². The summed E-state index contributed by atoms with van der Waals surface area (Å²) in [5.41, 5.74) is 3.82. The largest absolute Gasteiger partial charge is 0.353 e. The fourth-order valence-electron chi connectivity index (χ4n) is 3.54. The molecule has 2 aromatic heterocycles. The van der Waals surface area contributed by atoms with Gasteiger partial charge >= 0.3 is 0 Å². The minimum Gasteiger partial charge on any atom is -0.353 e. The second-order valence-electron chi connectivity index (χ2n) is 7.20. The third-order valence-corrected chi connectivity index (χ3v) is 4.89. The van der Waals surface area contributed by atoms with Crippen LogP contribution in [0.15, 0.2) is 41.1 Å². The monoisotopic (exact) mass is 377 g/mol. The topological polar surface area (TPSA) is 75.4 Å². The Kier molecular flexibility index (Phi) is 4.81. The third-order valence-electron chi connectivity index (χ3n) is 4.89. The Morgan fingerprint density at radius 3 is 2.29 bits per heavy atom. The van der Waals surface area contributed by atoms with E-state index in [0.29, 0.717) is 24.8 Å². The molecule has 1 saturated heterocycles. The molecule has 144 valence electrons. The Balaban J connectivity index is 1.40. The molecule has 28 heavy (non-hydrogen) atoms. The fourth-order valence-corrected chi connectivity index (χ4v) is 3.54. The Labute approximate surface area is 164 Å². The molecule has 3 heterocycles. The highest BCUT2D eigenvalue weighted by atomic mass is 16.5. The molecular weight excluding hydrogens is 354 g/mol. The van der Waals surface area contributed by atoms with Crippen LogP contribution in [0.3, 0.4) is 0 Å². The fraction of sp³-hybridized carbons (Fsp3) is 0.333. The second kappa shape index (κ2) is 7.42. The molecule has 0 atom stereocenters. The smallest absolute Gasteiger partial charge is 0.253 e. The normalized spacial score (nSPS) is 14.4. The molecule has 0 unspecified atom stereocenters. The van der Waals surface area contributed by atoms with E-state index in [1.54, 1.807) is 13.1 Å². The van der Waals surface area contributed by atoms with E-state index >= 15 is 0 Å². The number of anilines is 1. The molecule has 0 bridgehead atoms. The molecule has 1 aliphatic rings. The zero-order valence-corrected chi connectivity index (χ0v) is 16.3. The molecule has 0 radical (unpaired) electrons. The number of benzene rings is 1. The van der Waals surface area contributed by atoms with E-state index in [-0.39, 0.29) is 5.91 Å². The van der Waals surface area contributed by atoms with Gasteiger partial charge in [0, 0.05) is 50.4 Å². The van der Waals surface area contributed by atoms with Gasteiger partial charge in [-0.2, -0.15) is 4.98 Å². The molecule has 0 N–H and O–H groups in total. The van der Waals surface area contributed by atoms with Crippen molar-refractivity contribution in [3.05, 3.63) is 59.1 Å². The first-order valence-corrected chi connectivity index (χ1v) is 9.39. The van der Waals surface area contributed by atoms with Crippen LogP contribution in [-0.2, 0) is 0 Å². The number of carbonyl (C=O) groups excluding carboxylic acids is 1. The molecule has 0 aliphatic carbocycles. The van der Waals surface area contributed by atoms with Crippen LogP contribution in [0.4, 0.5) is 5.82 Å². The molecule has 7 nitrogen and oxygen atoms in total. The van der Waals surface area contributed by atoms with E-state index in [1.165, 1.54) is 0 Å². The number of amides is 1. The van der Waals surface area contributed by atoms with Gasteiger partial charge < -0.3 is 14.3 Å². The Morgan fingerprint density at radius 1 is 1.00 bits per heavy atom. The van der Waals surface area contributed by atoms with Crippen LogP contribution in [0.5, 0.6) is 0 Å². The van der Waals surface area contributed by atoms with Crippen molar-refractivity contribution in [3.8, 4) is 11.4 Å². The average molecular weight is 377 g/mol. The van der Waals surface area contributed by atoms with Crippen molar-refractivity contribution < 1.29 is 9.32 Å². The van der Waals surface area contributed by atoms with Gasteiger partial charge in [-0.3, -0.25) is 4.79 Å². The summed E-state index contributed by atoms with van der Waals surface area (Å²) in [7, 11) is 0. The van der Waals surface area contributed by atoms with Crippen molar-refractivity contribution >= 4 is 11.7 Å². The van der Waals surface area contributed by atoms with Crippen LogP contribution in [-0.4, -0.2) is 52.1 Å². The molecule has 7 heteroatoms. The van der Waals surface area contributed by atoms with Gasteiger partial charge in [0.25, 0.3) is 5.91 Å². The molecule has 1 fully saturated rings. The summed E-state index contributed by atoms with van der Waals surface area (Å²) in [5, 5.41) is 3.91. The Bertz CT molecular complexity index is 968. The zero-order valence-electron chi connectivity index (χ0n) is 16.3. The van der Waals surface area contributed by atoms with Crippen molar-refractivity contribution in [2.24, 2.45) is 0 Å². The first-order chi connectivity index (χ1) is 13.5. The maximum atomic E-state index is 12.8. The maximum absolute atomic E-state index is 12.8. The minimum absolute atomic E-state index is 0.0993. The maximum Gasteiger partial charge on any atom is 0.253 e. The number of carbonyl (C=O) groups is 1. The number of aryl methyl sites for hydroxylation is 3. The van der Waals surface area contributed by atoms with Gasteiger partial charge in [0.15, 0.2) is 0 Å². The highest BCUT2D eigenvalue weighted by Gasteiger charge is 2.23. The van der Waals surface area contributed by atoms with Crippen LogP contribution in [0.2, 0.25) is 0 Å². The molecule has 1 aromatic carbocycles. The summed E-state index contributed by atoms with van der Waals surface area (Å²) in [5.74, 6) is 2.06. The average Bonchev–Trinajstić information content (AvgIpc) is 3.13. The van der Waals surface area contributed by atoms with E-state index in [2.05, 4.69) is 26.1 Å². The van der Waals surface area contributed by atoms with E-state index in [4.69, 9.17) is 4.52 Å². The summed E-state index contributed by atoms with van der Waals surface area (Å²) >= 11 is 0. The molecule has 4 rings (SSSR count). The summed E-state index contributed by atoms with van der Waals surface area (Å²) in [4.78, 5) is 25.7. The number of hydrogen-bond donors (Lipinski definition) is 0. The van der Waals surface area contributed by atoms with Gasteiger partial charge in [-0.1, -0.05) is 22.3 Å². The summed E-state index contributed by atoms with van der Waals surface area (Å²) in [6, 6.07) is 9.91. The van der Waals surface area contributed by atoms with E-state index < -0.39 is 0 Å². The van der Waals surface area contributed by atoms with Crippen molar-refractivity contribution in [2.75, 3.05) is 31.1 Å². The number of hydrogen-bond acceptors (Lipinski definition) is 6. The predicted octanol–water partition coefficient (Wildman–Crippen LogP) is 3.02. The number of rotatable bonds is 3. The van der Waals surface area contributed by atoms with E-state index in [1.807, 2.05) is 43.0 Å². The SMILES string of the molecule is Cc1cc(C)cc(C(=O)N2CCN(c3ccc(-c4noc(C)n4)cn3)CC2)c1. The van der Waals surface area contributed by atoms with Crippen LogP contribution < -0.4 is 4.90 Å². The predicted molar refractivity (Wildman–Crippen MR) is 106 cm³/mol. The quantitative estimate of drug-likeness (QED) is 0.698. The lowest BCUT2D eigenvalue weighted by Crippen LogP contribution is -2.49. The second-order valence-corrected chi connectivity index (χ2v) is 7.20. The standard InChI is InChI=1S/C21H23N5O2/c1-14-10-15(2)12-18(11-14)21(27)26-8-6-25(7-9-26)19-5-4-17(13-22-19)20-23-16(3)28-24-20/h4-5,10-13H,6-9H2,1-3H3. The number of piperazine rings is 1. The lowest BCUT2D eigenvalue weighted by molar-refractivity contribution is 0.0746. The molecular formula is C21H23N5O2. The molecule has 1 amide bonds. The zero-order chi connectivity index (χ0) is 19.7. The van der Waals surface area contributed by atoms with E-state index in [9.17, 15) is 4.79 Å². The molecule has 1 aliphatic heterocycles. The molecule has 0 spiro atoms. The van der Waals surface area contributed by atoms with Gasteiger partial charge in [-0.05, 0) is 38.1 Å². The minimum atomic E-state index is 0.0993. The Morgan fingerprint density at radius 2 is 1.71 bits per heavy atom. The van der Waals surface area contributed by atoms with Crippen LogP contribution in [0.1, 0.15) is 27.4 Å². The van der Waals surface area contributed by atoms with Crippen LogP contribution in [0, 0.1) is 20.8 Å². The number of aromatic nitrogens is 3. The highest BCUT2D eigenvalue weighted by molar-refractivity contribution is 5.94. The summed E-state index contributed by atoms with van der Waals surface area (Å²) in [6.07, 6.45) is 1.76. The lowest BCUT2D eigenvalue weighted by atomic mass is 10.1.